The summed E-state index contributed by atoms with van der Waals surface area (Å²) < 4.78 is 5.63. The van der Waals surface area contributed by atoms with Gasteiger partial charge in [-0.2, -0.15) is 0 Å². The van der Waals surface area contributed by atoms with E-state index in [1.165, 1.54) is 9.78 Å². The van der Waals surface area contributed by atoms with Crippen molar-refractivity contribution in [1.29, 1.82) is 0 Å². The average Bonchev–Trinajstić information content (AvgIpc) is 2.97. The van der Waals surface area contributed by atoms with Crippen LogP contribution in [0.15, 0.2) is 17.5 Å². The second-order valence-electron chi connectivity index (χ2n) is 5.92. The molecule has 1 aliphatic heterocycles. The summed E-state index contributed by atoms with van der Waals surface area (Å²) in [7, 11) is 0. The molecule has 0 bridgehead atoms. The van der Waals surface area contributed by atoms with Gasteiger partial charge in [-0.05, 0) is 50.5 Å². The SMILES string of the molecule is C[C@@]1(O)N(CCc2cccs2)C(=O)OC12CCCCC2. The summed E-state index contributed by atoms with van der Waals surface area (Å²) in [6.45, 7) is 2.24. The molecule has 1 spiro atoms. The molecule has 2 heterocycles. The summed E-state index contributed by atoms with van der Waals surface area (Å²) in [4.78, 5) is 14.9. The maximum atomic E-state index is 12.2. The van der Waals surface area contributed by atoms with Gasteiger partial charge in [-0.25, -0.2) is 4.79 Å². The van der Waals surface area contributed by atoms with Crippen LogP contribution in [0.2, 0.25) is 0 Å². The fraction of sp³-hybridized carbons (Fsp3) is 0.667. The van der Waals surface area contributed by atoms with Crippen molar-refractivity contribution in [2.45, 2.75) is 56.8 Å². The molecule has 1 amide bonds. The zero-order valence-electron chi connectivity index (χ0n) is 11.8. The van der Waals surface area contributed by atoms with Crippen molar-refractivity contribution in [3.05, 3.63) is 22.4 Å². The summed E-state index contributed by atoms with van der Waals surface area (Å²) in [5.74, 6) is 0. The quantitative estimate of drug-likeness (QED) is 0.932. The van der Waals surface area contributed by atoms with E-state index in [0.717, 1.165) is 38.5 Å². The third-order valence-corrected chi connectivity index (χ3v) is 5.65. The third kappa shape index (κ3) is 2.13. The highest BCUT2D eigenvalue weighted by molar-refractivity contribution is 7.09. The van der Waals surface area contributed by atoms with Gasteiger partial charge in [-0.1, -0.05) is 12.5 Å². The second-order valence-corrected chi connectivity index (χ2v) is 6.96. The molecule has 1 saturated carbocycles. The normalized spacial score (nSPS) is 28.9. The Kier molecular flexibility index (Phi) is 3.50. The molecule has 0 unspecified atom stereocenters. The molecule has 5 heteroatoms. The number of carbonyl (C=O) groups is 1. The lowest BCUT2D eigenvalue weighted by molar-refractivity contribution is -0.158. The highest BCUT2D eigenvalue weighted by atomic mass is 32.1. The predicted octanol–water partition coefficient (Wildman–Crippen LogP) is 3.15. The summed E-state index contributed by atoms with van der Waals surface area (Å²) in [5, 5.41) is 12.9. The number of hydrogen-bond acceptors (Lipinski definition) is 4. The first kappa shape index (κ1) is 13.9. The number of ether oxygens (including phenoxy) is 1. The zero-order valence-corrected chi connectivity index (χ0v) is 12.6. The minimum atomic E-state index is -1.19. The zero-order chi connectivity index (χ0) is 14.2. The Bertz CT molecular complexity index is 477. The number of amides is 1. The molecule has 1 aromatic heterocycles. The third-order valence-electron chi connectivity index (χ3n) is 4.71. The van der Waals surface area contributed by atoms with Crippen LogP contribution in [0, 0.1) is 0 Å². The highest BCUT2D eigenvalue weighted by Gasteiger charge is 2.61. The predicted molar refractivity (Wildman–Crippen MR) is 77.6 cm³/mol. The van der Waals surface area contributed by atoms with Gasteiger partial charge in [0.2, 0.25) is 0 Å². The lowest BCUT2D eigenvalue weighted by atomic mass is 9.77. The lowest BCUT2D eigenvalue weighted by Crippen LogP contribution is -2.57. The smallest absolute Gasteiger partial charge is 0.412 e. The topological polar surface area (TPSA) is 49.8 Å². The molecule has 1 aliphatic carbocycles. The summed E-state index contributed by atoms with van der Waals surface area (Å²) in [5.41, 5.74) is -1.89. The van der Waals surface area contributed by atoms with Gasteiger partial charge in [0, 0.05) is 11.4 Å². The van der Waals surface area contributed by atoms with Crippen molar-refractivity contribution in [3.63, 3.8) is 0 Å². The molecule has 1 N–H and O–H groups in total. The minimum Gasteiger partial charge on any atom is -0.438 e. The average molecular weight is 295 g/mol. The monoisotopic (exact) mass is 295 g/mol. The second kappa shape index (κ2) is 5.04. The number of aliphatic hydroxyl groups is 1. The van der Waals surface area contributed by atoms with Crippen LogP contribution >= 0.6 is 11.3 Å². The first-order valence-electron chi connectivity index (χ1n) is 7.31. The van der Waals surface area contributed by atoms with E-state index in [1.807, 2.05) is 11.4 Å². The molecule has 1 saturated heterocycles. The molecule has 3 rings (SSSR count). The Morgan fingerprint density at radius 1 is 1.40 bits per heavy atom. The summed E-state index contributed by atoms with van der Waals surface area (Å²) in [6, 6.07) is 4.06. The molecule has 20 heavy (non-hydrogen) atoms. The molecule has 0 aromatic carbocycles. The van der Waals surface area contributed by atoms with Crippen molar-refractivity contribution in [1.82, 2.24) is 4.90 Å². The van der Waals surface area contributed by atoms with Crippen molar-refractivity contribution >= 4 is 17.4 Å². The van der Waals surface area contributed by atoms with Crippen LogP contribution in [0.1, 0.15) is 43.9 Å². The largest absolute Gasteiger partial charge is 0.438 e. The van der Waals surface area contributed by atoms with Crippen molar-refractivity contribution < 1.29 is 14.6 Å². The molecule has 2 fully saturated rings. The van der Waals surface area contributed by atoms with Gasteiger partial charge < -0.3 is 9.84 Å². The first-order valence-corrected chi connectivity index (χ1v) is 8.18. The maximum absolute atomic E-state index is 12.2. The summed E-state index contributed by atoms with van der Waals surface area (Å²) in [6.07, 6.45) is 5.12. The first-order chi connectivity index (χ1) is 9.55. The number of thiophene rings is 1. The van der Waals surface area contributed by atoms with Gasteiger partial charge in [0.1, 0.15) is 0 Å². The summed E-state index contributed by atoms with van der Waals surface area (Å²) >= 11 is 1.67. The molecule has 4 nitrogen and oxygen atoms in total. The molecule has 1 aromatic rings. The van der Waals surface area contributed by atoms with Crippen LogP contribution in [-0.2, 0) is 11.2 Å². The molecular formula is C15H21NO3S. The molecular weight excluding hydrogens is 274 g/mol. The number of carbonyl (C=O) groups excluding carboxylic acids is 1. The lowest BCUT2D eigenvalue weighted by Gasteiger charge is -2.42. The Morgan fingerprint density at radius 2 is 2.15 bits per heavy atom. The van der Waals surface area contributed by atoms with Gasteiger partial charge >= 0.3 is 6.09 Å². The van der Waals surface area contributed by atoms with Crippen molar-refractivity contribution in [2.24, 2.45) is 0 Å². The number of hydrogen-bond donors (Lipinski definition) is 1. The van der Waals surface area contributed by atoms with E-state index in [4.69, 9.17) is 4.74 Å². The van der Waals surface area contributed by atoms with Gasteiger partial charge in [0.05, 0.1) is 0 Å². The van der Waals surface area contributed by atoms with Crippen LogP contribution < -0.4 is 0 Å². The van der Waals surface area contributed by atoms with Gasteiger partial charge in [-0.15, -0.1) is 11.3 Å². The standard InChI is InChI=1S/C15H21NO3S/c1-14(18)15(8-3-2-4-9-15)19-13(17)16(14)10-7-12-6-5-11-20-12/h5-6,11,18H,2-4,7-10H2,1H3/t14-/m0/s1. The molecule has 2 aliphatic rings. The van der Waals surface area contributed by atoms with Crippen molar-refractivity contribution in [3.8, 4) is 0 Å². The van der Waals surface area contributed by atoms with E-state index in [2.05, 4.69) is 6.07 Å². The molecule has 1 atom stereocenters. The van der Waals surface area contributed by atoms with Crippen LogP contribution in [0.5, 0.6) is 0 Å². The van der Waals surface area contributed by atoms with E-state index in [1.54, 1.807) is 18.3 Å². The van der Waals surface area contributed by atoms with Crippen LogP contribution in [0.4, 0.5) is 4.79 Å². The van der Waals surface area contributed by atoms with E-state index < -0.39 is 11.3 Å². The fourth-order valence-corrected chi connectivity index (χ4v) is 4.13. The van der Waals surface area contributed by atoms with Crippen LogP contribution in [-0.4, -0.2) is 34.0 Å². The number of rotatable bonds is 3. The Hall–Kier alpha value is -1.07. The fourth-order valence-electron chi connectivity index (χ4n) is 3.43. The van der Waals surface area contributed by atoms with E-state index in [0.29, 0.717) is 6.54 Å². The van der Waals surface area contributed by atoms with Gasteiger partial charge in [-0.3, -0.25) is 4.90 Å². The Balaban J connectivity index is 1.75. The molecule has 110 valence electrons. The molecule has 0 radical (unpaired) electrons. The highest BCUT2D eigenvalue weighted by Crippen LogP contribution is 2.46. The Labute approximate surface area is 123 Å². The van der Waals surface area contributed by atoms with E-state index in [9.17, 15) is 9.90 Å². The van der Waals surface area contributed by atoms with Crippen LogP contribution in [0.3, 0.4) is 0 Å². The van der Waals surface area contributed by atoms with Crippen molar-refractivity contribution in [2.75, 3.05) is 6.54 Å². The van der Waals surface area contributed by atoms with Crippen LogP contribution in [0.25, 0.3) is 0 Å². The minimum absolute atomic E-state index is 0.367. The van der Waals surface area contributed by atoms with E-state index >= 15 is 0 Å². The Morgan fingerprint density at radius 3 is 2.80 bits per heavy atom. The van der Waals surface area contributed by atoms with E-state index in [-0.39, 0.29) is 6.09 Å². The number of nitrogens with zero attached hydrogens (tertiary/aromatic N) is 1. The maximum Gasteiger partial charge on any atom is 0.412 e. The van der Waals surface area contributed by atoms with Gasteiger partial charge in [0.15, 0.2) is 11.3 Å². The van der Waals surface area contributed by atoms with Gasteiger partial charge in [0.25, 0.3) is 0 Å².